The highest BCUT2D eigenvalue weighted by atomic mass is 15.0. The van der Waals surface area contributed by atoms with Crippen molar-refractivity contribution in [3.8, 4) is 27.9 Å². The third-order valence-electron chi connectivity index (χ3n) is 12.3. The number of amidine groups is 1. The topological polar surface area (TPSA) is 29.6 Å². The first-order chi connectivity index (χ1) is 32.9. The first-order valence-corrected chi connectivity index (χ1v) is 24.6. The van der Waals surface area contributed by atoms with Crippen LogP contribution in [0.3, 0.4) is 0 Å². The second kappa shape index (κ2) is 22.9. The number of hydrogen-bond acceptors (Lipinski definition) is 2. The molecule has 0 bridgehead atoms. The van der Waals surface area contributed by atoms with E-state index in [0.717, 1.165) is 28.4 Å². The summed E-state index contributed by atoms with van der Waals surface area (Å²) in [5.41, 5.74) is 17.9. The van der Waals surface area contributed by atoms with Crippen LogP contribution in [-0.4, -0.2) is 16.1 Å². The molecular weight excluding hydrogens is 811 g/mol. The Bertz CT molecular complexity index is 3030. The van der Waals surface area contributed by atoms with Gasteiger partial charge in [0.1, 0.15) is 0 Å². The minimum atomic E-state index is -0.145. The zero-order valence-corrected chi connectivity index (χ0v) is 41.7. The largest absolute Gasteiger partial charge is 0.309 e. The van der Waals surface area contributed by atoms with E-state index in [-0.39, 0.29) is 11.5 Å². The van der Waals surface area contributed by atoms with Gasteiger partial charge in [0.05, 0.1) is 22.8 Å². The van der Waals surface area contributed by atoms with Crippen molar-refractivity contribution < 1.29 is 0 Å². The van der Waals surface area contributed by atoms with Gasteiger partial charge in [0.15, 0.2) is 5.84 Å². The van der Waals surface area contributed by atoms with Gasteiger partial charge in [-0.3, -0.25) is 4.99 Å². The fraction of sp³-hybridized carbons (Fsp3) is 0.219. The van der Waals surface area contributed by atoms with Crippen LogP contribution in [0.25, 0.3) is 55.3 Å². The van der Waals surface area contributed by atoms with E-state index in [4.69, 9.17) is 9.98 Å². The molecule has 1 unspecified atom stereocenters. The molecule has 1 atom stereocenters. The van der Waals surface area contributed by atoms with Gasteiger partial charge in [0.25, 0.3) is 0 Å². The zero-order chi connectivity index (χ0) is 48.1. The number of para-hydroxylation sites is 1. The predicted octanol–water partition coefficient (Wildman–Crippen LogP) is 18.4. The number of aliphatic imine (C=N–C) groups is 2. The monoisotopic (exact) mass is 880 g/mol. The van der Waals surface area contributed by atoms with Gasteiger partial charge in [-0.15, -0.1) is 0 Å². The van der Waals surface area contributed by atoms with Crippen molar-refractivity contribution in [2.24, 2.45) is 9.98 Å². The fourth-order valence-corrected chi connectivity index (χ4v) is 9.58. The summed E-state index contributed by atoms with van der Waals surface area (Å²) in [4.78, 5) is 10.6. The van der Waals surface area contributed by atoms with Gasteiger partial charge in [-0.2, -0.15) is 0 Å². The molecule has 340 valence electrons. The van der Waals surface area contributed by atoms with Crippen LogP contribution in [0.5, 0.6) is 0 Å². The van der Waals surface area contributed by atoms with Crippen LogP contribution in [0.15, 0.2) is 210 Å². The third kappa shape index (κ3) is 9.61. The van der Waals surface area contributed by atoms with Crippen molar-refractivity contribution in [1.29, 1.82) is 0 Å². The minimum absolute atomic E-state index is 0.124. The second-order valence-electron chi connectivity index (χ2n) is 16.1. The van der Waals surface area contributed by atoms with Crippen LogP contribution in [0.2, 0.25) is 0 Å². The van der Waals surface area contributed by atoms with Crippen LogP contribution < -0.4 is 0 Å². The van der Waals surface area contributed by atoms with E-state index in [1.54, 1.807) is 0 Å². The number of aromatic nitrogens is 1. The van der Waals surface area contributed by atoms with Gasteiger partial charge < -0.3 is 4.57 Å². The molecule has 3 nitrogen and oxygen atoms in total. The van der Waals surface area contributed by atoms with E-state index in [0.29, 0.717) is 6.42 Å². The lowest BCUT2D eigenvalue weighted by molar-refractivity contribution is 0.662. The van der Waals surface area contributed by atoms with Gasteiger partial charge in [-0.05, 0) is 92.9 Å². The molecule has 0 saturated heterocycles. The molecule has 2 aliphatic rings. The predicted molar refractivity (Wildman–Crippen MR) is 295 cm³/mol. The Morgan fingerprint density at radius 3 is 1.76 bits per heavy atom. The molecule has 0 spiro atoms. The number of nitrogens with zero attached hydrogens (tertiary/aromatic N) is 3. The molecule has 8 aromatic rings. The molecule has 1 aliphatic carbocycles. The first-order valence-electron chi connectivity index (χ1n) is 24.6. The fourth-order valence-electron chi connectivity index (χ4n) is 9.58. The van der Waals surface area contributed by atoms with Crippen molar-refractivity contribution in [3.05, 3.63) is 228 Å². The minimum Gasteiger partial charge on any atom is -0.309 e. The van der Waals surface area contributed by atoms with Crippen molar-refractivity contribution in [1.82, 2.24) is 4.57 Å². The number of benzene rings is 7. The van der Waals surface area contributed by atoms with Crippen molar-refractivity contribution in [3.63, 3.8) is 0 Å². The van der Waals surface area contributed by atoms with E-state index in [9.17, 15) is 0 Å². The number of rotatable bonds is 7. The van der Waals surface area contributed by atoms with Crippen LogP contribution in [0.4, 0.5) is 0 Å². The third-order valence-corrected chi connectivity index (χ3v) is 12.3. The molecule has 1 aliphatic heterocycles. The number of fused-ring (bicyclic) bond motifs is 4. The Balaban J connectivity index is 0.000000881. The number of allylic oxidation sites excluding steroid dienone is 5. The summed E-state index contributed by atoms with van der Waals surface area (Å²) in [6.07, 6.45) is 7.04. The zero-order valence-electron chi connectivity index (χ0n) is 41.7. The van der Waals surface area contributed by atoms with Crippen molar-refractivity contribution in [2.45, 2.75) is 94.0 Å². The highest BCUT2D eigenvalue weighted by Crippen LogP contribution is 2.53. The van der Waals surface area contributed by atoms with Gasteiger partial charge in [-0.25, -0.2) is 4.99 Å². The Hall–Kier alpha value is -7.10. The maximum absolute atomic E-state index is 5.42. The van der Waals surface area contributed by atoms with Crippen LogP contribution >= 0.6 is 0 Å². The standard InChI is InChI=1S/C56H45N3.4C2H6/c1-5-18-48-43(6-2)45-26-16-25-44(54(45)56(48,3)4)38-31-29-37(30-32-38)41-33-34-51-47(35-41)53-46(27-17-28-52(53)59(51)42-23-14-9-15-24-42)50-36-49(39-19-10-7-11-20-39)57-55(58-50)40-21-12-8-13-22-40;4*1-2/h5-35,50H,1,36H2,2-4H3;4*1-2H3/b43-6-,48-18+;;;;. The summed E-state index contributed by atoms with van der Waals surface area (Å²) in [6, 6.07) is 61.1. The molecule has 1 aromatic heterocycles. The van der Waals surface area contributed by atoms with E-state index in [1.165, 1.54) is 71.9 Å². The highest BCUT2D eigenvalue weighted by molar-refractivity contribution is 6.16. The van der Waals surface area contributed by atoms with Crippen molar-refractivity contribution >= 4 is 38.9 Å². The summed E-state index contributed by atoms with van der Waals surface area (Å²) >= 11 is 0. The lowest BCUT2D eigenvalue weighted by Crippen LogP contribution is -2.17. The summed E-state index contributed by atoms with van der Waals surface area (Å²) in [5.74, 6) is 0.771. The molecule has 0 saturated carbocycles. The summed E-state index contributed by atoms with van der Waals surface area (Å²) in [5, 5.41) is 2.44. The molecule has 7 aromatic carbocycles. The molecule has 0 N–H and O–H groups in total. The van der Waals surface area contributed by atoms with Crippen LogP contribution in [0, 0.1) is 0 Å². The van der Waals surface area contributed by atoms with E-state index < -0.39 is 0 Å². The van der Waals surface area contributed by atoms with E-state index in [1.807, 2.05) is 67.5 Å². The molecular formula is C64H69N3. The Kier molecular flexibility index (Phi) is 16.8. The molecule has 67 heavy (non-hydrogen) atoms. The van der Waals surface area contributed by atoms with Crippen LogP contribution in [0.1, 0.15) is 116 Å². The molecule has 0 fully saturated rings. The Morgan fingerprint density at radius 1 is 0.567 bits per heavy atom. The SMILES string of the molecule is C=C/C=C1\C(=C/C)c2cccc(-c3ccc(-c4ccc5c(c4)c4c(C6CC(c7ccccc7)=NC(c7ccccc7)=N6)cccc4n5-c4ccccc4)cc3)c2C1(C)C.CC.CC.CC.CC. The molecule has 10 rings (SSSR count). The average molecular weight is 880 g/mol. The Labute approximate surface area is 401 Å². The van der Waals surface area contributed by atoms with Gasteiger partial charge >= 0.3 is 0 Å². The van der Waals surface area contributed by atoms with E-state index >= 15 is 0 Å². The summed E-state index contributed by atoms with van der Waals surface area (Å²) < 4.78 is 2.41. The highest BCUT2D eigenvalue weighted by Gasteiger charge is 2.39. The van der Waals surface area contributed by atoms with Crippen LogP contribution in [-0.2, 0) is 5.41 Å². The number of hydrogen-bond donors (Lipinski definition) is 0. The molecule has 0 radical (unpaired) electrons. The summed E-state index contributed by atoms with van der Waals surface area (Å²) in [7, 11) is 0. The van der Waals surface area contributed by atoms with Gasteiger partial charge in [-0.1, -0.05) is 234 Å². The van der Waals surface area contributed by atoms with Gasteiger partial charge in [0.2, 0.25) is 0 Å². The molecule has 0 amide bonds. The second-order valence-corrected chi connectivity index (χ2v) is 16.1. The summed E-state index contributed by atoms with van der Waals surface area (Å²) in [6.45, 7) is 26.8. The smallest absolute Gasteiger partial charge is 0.155 e. The van der Waals surface area contributed by atoms with E-state index in [2.05, 4.69) is 208 Å². The maximum atomic E-state index is 5.42. The lowest BCUT2D eigenvalue weighted by Gasteiger charge is -2.24. The molecule has 3 heteroatoms. The average Bonchev–Trinajstić information content (AvgIpc) is 3.86. The lowest BCUT2D eigenvalue weighted by atomic mass is 9.78. The molecule has 2 heterocycles. The first kappa shape index (κ1) is 49.3. The van der Waals surface area contributed by atoms with Gasteiger partial charge in [0, 0.05) is 33.9 Å². The van der Waals surface area contributed by atoms with Crippen molar-refractivity contribution in [2.75, 3.05) is 0 Å². The maximum Gasteiger partial charge on any atom is 0.155 e. The Morgan fingerprint density at radius 2 is 1.13 bits per heavy atom. The normalized spacial score (nSPS) is 15.6. The quantitative estimate of drug-likeness (QED) is 0.153.